The Morgan fingerprint density at radius 3 is 2.60 bits per heavy atom. The van der Waals surface area contributed by atoms with E-state index in [1.54, 1.807) is 0 Å². The fourth-order valence-electron chi connectivity index (χ4n) is 2.20. The minimum Gasteiger partial charge on any atom is -0.381 e. The van der Waals surface area contributed by atoms with Gasteiger partial charge >= 0.3 is 0 Å². The monoisotopic (exact) mass is 213 g/mol. The highest BCUT2D eigenvalue weighted by Crippen LogP contribution is 2.23. The molecule has 1 fully saturated rings. The molecule has 0 aromatic carbocycles. The summed E-state index contributed by atoms with van der Waals surface area (Å²) in [5.74, 6) is 0.881. The van der Waals surface area contributed by atoms with Gasteiger partial charge in [-0.3, -0.25) is 0 Å². The van der Waals surface area contributed by atoms with E-state index < -0.39 is 0 Å². The second kappa shape index (κ2) is 7.24. The molecule has 0 aliphatic heterocycles. The van der Waals surface area contributed by atoms with E-state index in [2.05, 4.69) is 19.2 Å². The van der Waals surface area contributed by atoms with Crippen LogP contribution in [0.1, 0.15) is 52.4 Å². The van der Waals surface area contributed by atoms with Crippen LogP contribution in [-0.2, 0) is 4.74 Å². The van der Waals surface area contributed by atoms with Gasteiger partial charge in [0.1, 0.15) is 0 Å². The summed E-state index contributed by atoms with van der Waals surface area (Å²) in [6, 6.07) is 0.727. The van der Waals surface area contributed by atoms with Gasteiger partial charge in [-0.2, -0.15) is 0 Å². The molecule has 1 N–H and O–H groups in total. The maximum atomic E-state index is 5.27. The van der Waals surface area contributed by atoms with Gasteiger partial charge in [0.25, 0.3) is 0 Å². The summed E-state index contributed by atoms with van der Waals surface area (Å²) in [5, 5.41) is 3.66. The molecule has 1 rings (SSSR count). The van der Waals surface area contributed by atoms with Crippen molar-refractivity contribution in [1.29, 1.82) is 0 Å². The largest absolute Gasteiger partial charge is 0.381 e. The Morgan fingerprint density at radius 2 is 2.07 bits per heavy atom. The third kappa shape index (κ3) is 4.52. The molecule has 0 spiro atoms. The number of nitrogens with one attached hydrogen (secondary N) is 1. The number of ether oxygens (including phenoxy) is 1. The van der Waals surface area contributed by atoms with Crippen molar-refractivity contribution in [1.82, 2.24) is 5.32 Å². The minimum absolute atomic E-state index is 0.526. The van der Waals surface area contributed by atoms with Crippen LogP contribution in [0.3, 0.4) is 0 Å². The van der Waals surface area contributed by atoms with Gasteiger partial charge < -0.3 is 10.1 Å². The van der Waals surface area contributed by atoms with Crippen molar-refractivity contribution in [3.05, 3.63) is 0 Å². The predicted molar refractivity (Wildman–Crippen MR) is 65.1 cm³/mol. The highest BCUT2D eigenvalue weighted by molar-refractivity contribution is 4.86. The van der Waals surface area contributed by atoms with Gasteiger partial charge in [0, 0.05) is 13.2 Å². The Labute approximate surface area is 94.8 Å². The molecule has 1 saturated carbocycles. The Bertz CT molecular complexity index is 155. The second-order valence-corrected chi connectivity index (χ2v) is 4.85. The minimum atomic E-state index is 0.526. The quantitative estimate of drug-likeness (QED) is 0.669. The summed E-state index contributed by atoms with van der Waals surface area (Å²) >= 11 is 0. The van der Waals surface area contributed by atoms with E-state index in [9.17, 15) is 0 Å². The molecular formula is C13H27NO. The lowest BCUT2D eigenvalue weighted by Gasteiger charge is -2.35. The summed E-state index contributed by atoms with van der Waals surface area (Å²) in [5.41, 5.74) is 0. The van der Waals surface area contributed by atoms with Crippen LogP contribution in [0, 0.1) is 5.92 Å². The number of hydrogen-bond donors (Lipinski definition) is 1. The van der Waals surface area contributed by atoms with Gasteiger partial charge in [0.05, 0.1) is 6.10 Å². The average molecular weight is 213 g/mol. The third-order valence-electron chi connectivity index (χ3n) is 3.67. The molecule has 15 heavy (non-hydrogen) atoms. The van der Waals surface area contributed by atoms with E-state index in [4.69, 9.17) is 4.74 Å². The maximum Gasteiger partial charge on any atom is 0.0601 e. The standard InChI is InChI=1S/C13H27NO/c1-4-6-7-11(5-2)10-14-12-8-13(9-12)15-3/h11-14H,4-10H2,1-3H3. The zero-order valence-electron chi connectivity index (χ0n) is 10.6. The first kappa shape index (κ1) is 13.0. The first-order valence-corrected chi connectivity index (χ1v) is 6.56. The van der Waals surface area contributed by atoms with Crippen LogP contribution >= 0.6 is 0 Å². The number of methoxy groups -OCH3 is 1. The van der Waals surface area contributed by atoms with Crippen LogP contribution in [0.5, 0.6) is 0 Å². The normalized spacial score (nSPS) is 27.4. The molecular weight excluding hydrogens is 186 g/mol. The highest BCUT2D eigenvalue weighted by atomic mass is 16.5. The molecule has 90 valence electrons. The molecule has 2 heteroatoms. The lowest BCUT2D eigenvalue weighted by Crippen LogP contribution is -2.46. The topological polar surface area (TPSA) is 21.3 Å². The Hall–Kier alpha value is -0.0800. The molecule has 0 radical (unpaired) electrons. The van der Waals surface area contributed by atoms with E-state index in [-0.39, 0.29) is 0 Å². The molecule has 0 saturated heterocycles. The van der Waals surface area contributed by atoms with E-state index in [1.165, 1.54) is 45.1 Å². The van der Waals surface area contributed by atoms with Crippen molar-refractivity contribution in [3.63, 3.8) is 0 Å². The summed E-state index contributed by atoms with van der Waals surface area (Å²) in [6.07, 6.45) is 8.35. The van der Waals surface area contributed by atoms with E-state index in [0.29, 0.717) is 6.10 Å². The Kier molecular flexibility index (Phi) is 6.26. The highest BCUT2D eigenvalue weighted by Gasteiger charge is 2.28. The fourth-order valence-corrected chi connectivity index (χ4v) is 2.20. The van der Waals surface area contributed by atoms with Crippen LogP contribution in [0.15, 0.2) is 0 Å². The summed E-state index contributed by atoms with van der Waals surface area (Å²) in [7, 11) is 1.82. The van der Waals surface area contributed by atoms with E-state index in [1.807, 2.05) is 7.11 Å². The van der Waals surface area contributed by atoms with Crippen molar-refractivity contribution in [2.75, 3.05) is 13.7 Å². The fraction of sp³-hybridized carbons (Fsp3) is 1.00. The Balaban J connectivity index is 2.02. The van der Waals surface area contributed by atoms with Crippen molar-refractivity contribution in [2.45, 2.75) is 64.5 Å². The van der Waals surface area contributed by atoms with Crippen LogP contribution in [0.2, 0.25) is 0 Å². The number of hydrogen-bond acceptors (Lipinski definition) is 2. The SMILES string of the molecule is CCCCC(CC)CNC1CC(OC)C1. The Morgan fingerprint density at radius 1 is 1.33 bits per heavy atom. The van der Waals surface area contributed by atoms with Gasteiger partial charge in [0.15, 0.2) is 0 Å². The van der Waals surface area contributed by atoms with Crippen molar-refractivity contribution in [2.24, 2.45) is 5.92 Å². The first-order chi connectivity index (χ1) is 7.30. The van der Waals surface area contributed by atoms with Gasteiger partial charge in [-0.05, 0) is 31.7 Å². The van der Waals surface area contributed by atoms with Gasteiger partial charge in [-0.15, -0.1) is 0 Å². The van der Waals surface area contributed by atoms with Crippen LogP contribution in [-0.4, -0.2) is 25.8 Å². The average Bonchev–Trinajstić information content (AvgIpc) is 2.20. The zero-order valence-corrected chi connectivity index (χ0v) is 10.6. The molecule has 1 atom stereocenters. The lowest BCUT2D eigenvalue weighted by molar-refractivity contribution is 0.0163. The van der Waals surface area contributed by atoms with Crippen LogP contribution in [0.4, 0.5) is 0 Å². The molecule has 0 heterocycles. The molecule has 1 unspecified atom stereocenters. The van der Waals surface area contributed by atoms with Crippen molar-refractivity contribution >= 4 is 0 Å². The van der Waals surface area contributed by atoms with Crippen LogP contribution in [0.25, 0.3) is 0 Å². The zero-order chi connectivity index (χ0) is 11.1. The lowest BCUT2D eigenvalue weighted by atomic mass is 9.88. The summed E-state index contributed by atoms with van der Waals surface area (Å²) in [4.78, 5) is 0. The number of rotatable bonds is 8. The first-order valence-electron chi connectivity index (χ1n) is 6.56. The van der Waals surface area contributed by atoms with Gasteiger partial charge in [-0.25, -0.2) is 0 Å². The molecule has 1 aliphatic carbocycles. The smallest absolute Gasteiger partial charge is 0.0601 e. The molecule has 1 aliphatic rings. The van der Waals surface area contributed by atoms with Crippen molar-refractivity contribution in [3.8, 4) is 0 Å². The van der Waals surface area contributed by atoms with Gasteiger partial charge in [-0.1, -0.05) is 33.1 Å². The second-order valence-electron chi connectivity index (χ2n) is 4.85. The third-order valence-corrected chi connectivity index (χ3v) is 3.67. The van der Waals surface area contributed by atoms with E-state index >= 15 is 0 Å². The van der Waals surface area contributed by atoms with Crippen molar-refractivity contribution < 1.29 is 4.74 Å². The molecule has 0 amide bonds. The molecule has 0 bridgehead atoms. The predicted octanol–water partition coefficient (Wildman–Crippen LogP) is 2.97. The van der Waals surface area contributed by atoms with Gasteiger partial charge in [0.2, 0.25) is 0 Å². The summed E-state index contributed by atoms with van der Waals surface area (Å²) in [6.45, 7) is 5.79. The number of unbranched alkanes of at least 4 members (excludes halogenated alkanes) is 1. The molecule has 0 aromatic heterocycles. The van der Waals surface area contributed by atoms with E-state index in [0.717, 1.165) is 12.0 Å². The maximum absolute atomic E-state index is 5.27. The summed E-state index contributed by atoms with van der Waals surface area (Å²) < 4.78 is 5.27. The molecule has 2 nitrogen and oxygen atoms in total. The molecule has 0 aromatic rings. The van der Waals surface area contributed by atoms with Crippen LogP contribution < -0.4 is 5.32 Å².